The van der Waals surface area contributed by atoms with Crippen molar-refractivity contribution in [2.45, 2.75) is 58.5 Å². The lowest BCUT2D eigenvalue weighted by Crippen LogP contribution is -2.41. The number of nitrogens with one attached hydrogen (secondary N) is 1. The molecule has 8 heteroatoms. The molecule has 1 aliphatic carbocycles. The van der Waals surface area contributed by atoms with Crippen LogP contribution < -0.4 is 22.3 Å². The van der Waals surface area contributed by atoms with Crippen molar-refractivity contribution < 1.29 is 0 Å². The Morgan fingerprint density at radius 2 is 2.00 bits per heavy atom. The van der Waals surface area contributed by atoms with E-state index >= 15 is 0 Å². The Kier molecular flexibility index (Phi) is 5.50. The molecule has 1 aliphatic rings. The molecule has 0 bridgehead atoms. The summed E-state index contributed by atoms with van der Waals surface area (Å²) in [6.45, 7) is 4.47. The molecule has 0 amide bonds. The number of nitrogens with two attached hydrogens (primary N) is 1. The topological polar surface area (TPSA) is 94.9 Å². The first-order valence-corrected chi connectivity index (χ1v) is 10.1. The summed E-state index contributed by atoms with van der Waals surface area (Å²) in [5, 5.41) is 6.11. The minimum atomic E-state index is -0.401. The Morgan fingerprint density at radius 3 is 2.65 bits per heavy atom. The van der Waals surface area contributed by atoms with Crippen molar-refractivity contribution in [2.75, 3.05) is 11.1 Å². The lowest BCUT2D eigenvalue weighted by Gasteiger charge is -2.22. The predicted octanol–water partition coefficient (Wildman–Crippen LogP) is 2.65. The van der Waals surface area contributed by atoms with Crippen molar-refractivity contribution >= 4 is 22.3 Å². The zero-order valence-electron chi connectivity index (χ0n) is 15.6. The first-order valence-electron chi connectivity index (χ1n) is 9.20. The predicted molar refractivity (Wildman–Crippen MR) is 107 cm³/mol. The van der Waals surface area contributed by atoms with Gasteiger partial charge in [-0.25, -0.2) is 9.78 Å². The van der Waals surface area contributed by atoms with Crippen LogP contribution in [0.1, 0.15) is 46.0 Å². The van der Waals surface area contributed by atoms with Gasteiger partial charge < -0.3 is 11.1 Å². The van der Waals surface area contributed by atoms with Gasteiger partial charge in [0.25, 0.3) is 5.56 Å². The van der Waals surface area contributed by atoms with Crippen LogP contribution in [-0.2, 0) is 13.6 Å². The van der Waals surface area contributed by atoms with Crippen molar-refractivity contribution in [3.05, 3.63) is 26.2 Å². The minimum Gasteiger partial charge on any atom is -0.384 e. The molecule has 2 heterocycles. The highest BCUT2D eigenvalue weighted by Crippen LogP contribution is 2.28. The van der Waals surface area contributed by atoms with Crippen molar-refractivity contribution in [2.24, 2.45) is 13.0 Å². The normalized spacial score (nSPS) is 15.5. The largest absolute Gasteiger partial charge is 0.384 e. The van der Waals surface area contributed by atoms with E-state index < -0.39 is 5.56 Å². The Balaban J connectivity index is 1.97. The van der Waals surface area contributed by atoms with E-state index in [1.165, 1.54) is 42.2 Å². The van der Waals surface area contributed by atoms with E-state index in [-0.39, 0.29) is 17.4 Å². The van der Waals surface area contributed by atoms with Gasteiger partial charge in [-0.3, -0.25) is 13.9 Å². The minimum absolute atomic E-state index is 0.196. The van der Waals surface area contributed by atoms with Crippen LogP contribution in [0.2, 0.25) is 0 Å². The summed E-state index contributed by atoms with van der Waals surface area (Å²) in [6, 6.07) is 0.442. The molecule has 0 unspecified atom stereocenters. The van der Waals surface area contributed by atoms with Crippen molar-refractivity contribution in [3.8, 4) is 11.3 Å². The fourth-order valence-electron chi connectivity index (χ4n) is 3.44. The fourth-order valence-corrected chi connectivity index (χ4v) is 4.22. The van der Waals surface area contributed by atoms with E-state index in [0.29, 0.717) is 23.8 Å². The molecule has 2 aromatic heterocycles. The highest BCUT2D eigenvalue weighted by molar-refractivity contribution is 7.14. The molecule has 3 rings (SSSR count). The number of thiazole rings is 1. The maximum Gasteiger partial charge on any atom is 0.332 e. The molecule has 142 valence electrons. The quantitative estimate of drug-likeness (QED) is 0.835. The average Bonchev–Trinajstić information content (AvgIpc) is 3.06. The third kappa shape index (κ3) is 3.70. The Hall–Kier alpha value is -2.09. The summed E-state index contributed by atoms with van der Waals surface area (Å²) in [4.78, 5) is 29.7. The Morgan fingerprint density at radius 1 is 1.31 bits per heavy atom. The van der Waals surface area contributed by atoms with Crippen molar-refractivity contribution in [1.82, 2.24) is 14.1 Å². The van der Waals surface area contributed by atoms with Gasteiger partial charge in [-0.2, -0.15) is 0 Å². The molecule has 0 atom stereocenters. The molecule has 0 saturated heterocycles. The van der Waals surface area contributed by atoms with E-state index in [4.69, 9.17) is 5.73 Å². The zero-order valence-corrected chi connectivity index (χ0v) is 16.4. The molecule has 0 aromatic carbocycles. The molecule has 1 saturated carbocycles. The standard InChI is InChI=1S/C18H27N5O2S/c1-11(2)9-23-15(19)14(16(24)22(3)18(23)25)13-10-26-17(21-13)20-12-7-5-4-6-8-12/h10-12H,4-9,19H2,1-3H3,(H,20,21). The lowest BCUT2D eigenvalue weighted by atomic mass is 9.96. The second-order valence-corrected chi connectivity index (χ2v) is 8.29. The molecule has 0 aliphatic heterocycles. The number of rotatable bonds is 5. The number of nitrogens with zero attached hydrogens (tertiary/aromatic N) is 3. The SMILES string of the molecule is CC(C)Cn1c(N)c(-c2csc(NC3CCCCC3)n2)c(=O)n(C)c1=O. The van der Waals surface area contributed by atoms with Gasteiger partial charge in [-0.1, -0.05) is 33.1 Å². The summed E-state index contributed by atoms with van der Waals surface area (Å²) in [5.74, 6) is 0.431. The van der Waals surface area contributed by atoms with Gasteiger partial charge in [-0.15, -0.1) is 11.3 Å². The first-order chi connectivity index (χ1) is 12.4. The monoisotopic (exact) mass is 377 g/mol. The molecule has 0 radical (unpaired) electrons. The van der Waals surface area contributed by atoms with E-state index in [1.807, 2.05) is 19.2 Å². The van der Waals surface area contributed by atoms with Crippen LogP contribution in [0.4, 0.5) is 10.9 Å². The molecular formula is C18H27N5O2S. The number of hydrogen-bond donors (Lipinski definition) is 2. The van der Waals surface area contributed by atoms with Crippen molar-refractivity contribution in [3.63, 3.8) is 0 Å². The van der Waals surface area contributed by atoms with E-state index in [9.17, 15) is 9.59 Å². The summed E-state index contributed by atoms with van der Waals surface area (Å²) in [5.41, 5.74) is 6.27. The van der Waals surface area contributed by atoms with E-state index in [2.05, 4.69) is 10.3 Å². The highest BCUT2D eigenvalue weighted by atomic mass is 32.1. The summed E-state index contributed by atoms with van der Waals surface area (Å²) >= 11 is 1.47. The zero-order chi connectivity index (χ0) is 18.8. The second kappa shape index (κ2) is 7.65. The lowest BCUT2D eigenvalue weighted by molar-refractivity contribution is 0.462. The smallest absolute Gasteiger partial charge is 0.332 e. The average molecular weight is 378 g/mol. The summed E-state index contributed by atoms with van der Waals surface area (Å²) in [7, 11) is 1.48. The maximum atomic E-state index is 12.7. The fraction of sp³-hybridized carbons (Fsp3) is 0.611. The van der Waals surface area contributed by atoms with Crippen LogP contribution in [-0.4, -0.2) is 20.2 Å². The number of hydrogen-bond acceptors (Lipinski definition) is 6. The van der Waals surface area contributed by atoms with Crippen LogP contribution in [0.5, 0.6) is 0 Å². The van der Waals surface area contributed by atoms with Gasteiger partial charge in [0.2, 0.25) is 0 Å². The molecule has 0 spiro atoms. The van der Waals surface area contributed by atoms with E-state index in [1.54, 1.807) is 0 Å². The number of anilines is 2. The van der Waals surface area contributed by atoms with E-state index in [0.717, 1.165) is 22.5 Å². The molecule has 7 nitrogen and oxygen atoms in total. The van der Waals surface area contributed by atoms with Crippen LogP contribution in [0.15, 0.2) is 15.0 Å². The molecule has 1 fully saturated rings. The van der Waals surface area contributed by atoms with Crippen molar-refractivity contribution in [1.29, 1.82) is 0 Å². The Bertz CT molecular complexity index is 890. The second-order valence-electron chi connectivity index (χ2n) is 7.43. The molecule has 3 N–H and O–H groups in total. The van der Waals surface area contributed by atoms with Gasteiger partial charge in [0.1, 0.15) is 11.4 Å². The third-order valence-electron chi connectivity index (χ3n) is 4.82. The van der Waals surface area contributed by atoms with Crippen LogP contribution in [0, 0.1) is 5.92 Å². The van der Waals surface area contributed by atoms with Gasteiger partial charge in [0, 0.05) is 25.0 Å². The van der Waals surface area contributed by atoms with Gasteiger partial charge in [-0.05, 0) is 18.8 Å². The van der Waals surface area contributed by atoms with Gasteiger partial charge >= 0.3 is 5.69 Å². The highest BCUT2D eigenvalue weighted by Gasteiger charge is 2.21. The summed E-state index contributed by atoms with van der Waals surface area (Å²) < 4.78 is 2.58. The number of aromatic nitrogens is 3. The third-order valence-corrected chi connectivity index (χ3v) is 5.60. The Labute approximate surface area is 156 Å². The first kappa shape index (κ1) is 18.7. The summed E-state index contributed by atoms with van der Waals surface area (Å²) in [6.07, 6.45) is 6.08. The maximum absolute atomic E-state index is 12.7. The van der Waals surface area contributed by atoms with Crippen LogP contribution >= 0.6 is 11.3 Å². The molecule has 2 aromatic rings. The van der Waals surface area contributed by atoms with Gasteiger partial charge in [0.05, 0.1) is 5.69 Å². The van der Waals surface area contributed by atoms with Crippen LogP contribution in [0.3, 0.4) is 0 Å². The van der Waals surface area contributed by atoms with Crippen LogP contribution in [0.25, 0.3) is 11.3 Å². The molecule has 26 heavy (non-hydrogen) atoms. The molecular weight excluding hydrogens is 350 g/mol. The van der Waals surface area contributed by atoms with Gasteiger partial charge in [0.15, 0.2) is 5.13 Å². The number of nitrogen functional groups attached to an aromatic ring is 1.